The van der Waals surface area contributed by atoms with Gasteiger partial charge in [0.15, 0.2) is 16.2 Å². The van der Waals surface area contributed by atoms with Crippen LogP contribution in [0.25, 0.3) is 0 Å². The molecule has 0 aliphatic carbocycles. The van der Waals surface area contributed by atoms with Gasteiger partial charge in [0, 0.05) is 11.5 Å². The minimum atomic E-state index is -3.80. The molecule has 0 radical (unpaired) electrons. The maximum absolute atomic E-state index is 13.6. The van der Waals surface area contributed by atoms with Crippen LogP contribution in [0.2, 0.25) is 0 Å². The number of nitrogens with zero attached hydrogens (tertiary/aromatic N) is 1. The van der Waals surface area contributed by atoms with E-state index in [-0.39, 0.29) is 11.6 Å². The Morgan fingerprint density at radius 1 is 1.30 bits per heavy atom. The van der Waals surface area contributed by atoms with Gasteiger partial charge in [-0.3, -0.25) is 0 Å². The van der Waals surface area contributed by atoms with E-state index in [4.69, 9.17) is 4.42 Å². The molecular formula is C15H17F2NO4S. The van der Waals surface area contributed by atoms with Crippen LogP contribution in [0.3, 0.4) is 0 Å². The number of benzene rings is 1. The smallest absolute Gasteiger partial charge is 0.181 e. The van der Waals surface area contributed by atoms with Crippen LogP contribution >= 0.6 is 0 Å². The lowest BCUT2D eigenvalue weighted by Crippen LogP contribution is -2.18. The average Bonchev–Trinajstić information content (AvgIpc) is 2.88. The molecule has 0 aliphatic heterocycles. The number of sulfone groups is 1. The highest BCUT2D eigenvalue weighted by Gasteiger charge is 2.25. The van der Waals surface area contributed by atoms with Gasteiger partial charge in [-0.1, -0.05) is 13.8 Å². The Bertz CT molecular complexity index is 787. The van der Waals surface area contributed by atoms with Gasteiger partial charge in [-0.25, -0.2) is 22.2 Å². The van der Waals surface area contributed by atoms with E-state index in [1.165, 1.54) is 0 Å². The van der Waals surface area contributed by atoms with Crippen molar-refractivity contribution in [1.29, 1.82) is 0 Å². The van der Waals surface area contributed by atoms with E-state index in [0.717, 1.165) is 24.6 Å². The Morgan fingerprint density at radius 3 is 2.65 bits per heavy atom. The van der Waals surface area contributed by atoms with Gasteiger partial charge < -0.3 is 9.52 Å². The molecule has 8 heteroatoms. The largest absolute Gasteiger partial charge is 0.448 e. The fraction of sp³-hybridized carbons (Fsp3) is 0.400. The molecule has 126 valence electrons. The molecule has 1 unspecified atom stereocenters. The van der Waals surface area contributed by atoms with Gasteiger partial charge in [0.1, 0.15) is 17.4 Å². The Morgan fingerprint density at radius 2 is 2.00 bits per heavy atom. The van der Waals surface area contributed by atoms with E-state index >= 15 is 0 Å². The maximum atomic E-state index is 13.6. The number of oxazole rings is 1. The molecular weight excluding hydrogens is 328 g/mol. The molecule has 0 saturated carbocycles. The molecule has 5 nitrogen and oxygen atoms in total. The van der Waals surface area contributed by atoms with E-state index in [1.54, 1.807) is 0 Å². The number of aliphatic hydroxyl groups excluding tert-OH is 1. The highest BCUT2D eigenvalue weighted by Crippen LogP contribution is 2.24. The number of aromatic nitrogens is 1. The van der Waals surface area contributed by atoms with Gasteiger partial charge in [0.05, 0.1) is 23.3 Å². The Kier molecular flexibility index (Phi) is 5.16. The summed E-state index contributed by atoms with van der Waals surface area (Å²) in [7, 11) is -3.80. The van der Waals surface area contributed by atoms with Gasteiger partial charge in [-0.05, 0) is 18.2 Å². The minimum absolute atomic E-state index is 0.0479. The summed E-state index contributed by atoms with van der Waals surface area (Å²) < 4.78 is 56.3. The Hall–Kier alpha value is -1.80. The second-order valence-corrected chi connectivity index (χ2v) is 7.66. The Balaban J connectivity index is 2.17. The lowest BCUT2D eigenvalue weighted by molar-refractivity contribution is 0.196. The summed E-state index contributed by atoms with van der Waals surface area (Å²) >= 11 is 0. The standard InChI is InChI=1S/C15H17F2NO4S/c1-9(2)15-13(18-8-22-15)6-23(20,21)7-14(19)11-5-10(16)3-4-12(11)17/h3-5,8-9,14,19H,6-7H2,1-2H3. The summed E-state index contributed by atoms with van der Waals surface area (Å²) in [5, 5.41) is 9.94. The number of halogens is 2. The summed E-state index contributed by atoms with van der Waals surface area (Å²) in [6.07, 6.45) is -0.506. The predicted molar refractivity (Wildman–Crippen MR) is 79.4 cm³/mol. The molecule has 0 spiro atoms. The van der Waals surface area contributed by atoms with Crippen molar-refractivity contribution in [2.75, 3.05) is 5.75 Å². The fourth-order valence-corrected chi connectivity index (χ4v) is 3.64. The van der Waals surface area contributed by atoms with Crippen molar-refractivity contribution in [3.8, 4) is 0 Å². The third-order valence-corrected chi connectivity index (χ3v) is 4.82. The quantitative estimate of drug-likeness (QED) is 0.871. The number of aliphatic hydroxyl groups is 1. The molecule has 0 saturated heterocycles. The minimum Gasteiger partial charge on any atom is -0.448 e. The number of rotatable bonds is 6. The first-order chi connectivity index (χ1) is 10.7. The third kappa shape index (κ3) is 4.35. The Labute approximate surface area is 132 Å². The third-order valence-electron chi connectivity index (χ3n) is 3.28. The predicted octanol–water partition coefficient (Wildman–Crippen LogP) is 2.72. The molecule has 0 fully saturated rings. The topological polar surface area (TPSA) is 80.4 Å². The average molecular weight is 345 g/mol. The van der Waals surface area contributed by atoms with Crippen LogP contribution in [0, 0.1) is 11.6 Å². The first kappa shape index (κ1) is 17.6. The van der Waals surface area contributed by atoms with Gasteiger partial charge in [0.25, 0.3) is 0 Å². The van der Waals surface area contributed by atoms with Crippen LogP contribution in [-0.2, 0) is 15.6 Å². The van der Waals surface area contributed by atoms with Crippen LogP contribution in [0.5, 0.6) is 0 Å². The molecule has 1 aromatic heterocycles. The van der Waals surface area contributed by atoms with Crippen LogP contribution < -0.4 is 0 Å². The highest BCUT2D eigenvalue weighted by atomic mass is 32.2. The monoisotopic (exact) mass is 345 g/mol. The van der Waals surface area contributed by atoms with Crippen molar-refractivity contribution in [3.05, 3.63) is 53.2 Å². The summed E-state index contributed by atoms with van der Waals surface area (Å²) in [4.78, 5) is 3.87. The lowest BCUT2D eigenvalue weighted by atomic mass is 10.1. The van der Waals surface area contributed by atoms with E-state index in [1.807, 2.05) is 13.8 Å². The van der Waals surface area contributed by atoms with Crippen molar-refractivity contribution in [3.63, 3.8) is 0 Å². The second kappa shape index (κ2) is 6.76. The molecule has 1 aromatic carbocycles. The van der Waals surface area contributed by atoms with E-state index < -0.39 is 44.6 Å². The molecule has 0 bridgehead atoms. The van der Waals surface area contributed by atoms with E-state index in [0.29, 0.717) is 5.76 Å². The summed E-state index contributed by atoms with van der Waals surface area (Å²) in [5.41, 5.74) is -0.135. The van der Waals surface area contributed by atoms with Gasteiger partial charge in [-0.2, -0.15) is 0 Å². The van der Waals surface area contributed by atoms with Crippen LogP contribution in [0.4, 0.5) is 8.78 Å². The molecule has 0 aliphatic rings. The first-order valence-corrected chi connectivity index (χ1v) is 8.77. The fourth-order valence-electron chi connectivity index (χ4n) is 2.22. The zero-order chi connectivity index (χ0) is 17.2. The van der Waals surface area contributed by atoms with Gasteiger partial charge >= 0.3 is 0 Å². The molecule has 2 rings (SSSR count). The number of hydrogen-bond acceptors (Lipinski definition) is 5. The van der Waals surface area contributed by atoms with Crippen molar-refractivity contribution < 1.29 is 26.7 Å². The van der Waals surface area contributed by atoms with Crippen LogP contribution in [-0.4, -0.2) is 24.3 Å². The summed E-state index contributed by atoms with van der Waals surface area (Å²) in [5.74, 6) is -2.40. The van der Waals surface area contributed by atoms with Crippen LogP contribution in [0.15, 0.2) is 29.0 Å². The molecule has 2 aromatic rings. The molecule has 1 atom stereocenters. The molecule has 0 amide bonds. The molecule has 1 heterocycles. The maximum Gasteiger partial charge on any atom is 0.181 e. The summed E-state index contributed by atoms with van der Waals surface area (Å²) in [6.45, 7) is 3.65. The van der Waals surface area contributed by atoms with E-state index in [9.17, 15) is 22.3 Å². The summed E-state index contributed by atoms with van der Waals surface area (Å²) in [6, 6.07) is 2.52. The number of hydrogen-bond donors (Lipinski definition) is 1. The molecule has 23 heavy (non-hydrogen) atoms. The van der Waals surface area contributed by atoms with Gasteiger partial charge in [-0.15, -0.1) is 0 Å². The zero-order valence-corrected chi connectivity index (χ0v) is 13.5. The van der Waals surface area contributed by atoms with Crippen molar-refractivity contribution in [2.24, 2.45) is 0 Å². The van der Waals surface area contributed by atoms with Crippen LogP contribution in [0.1, 0.15) is 42.9 Å². The normalized spacial score (nSPS) is 13.5. The SMILES string of the molecule is CC(C)c1ocnc1CS(=O)(=O)CC(O)c1cc(F)ccc1F. The second-order valence-electron chi connectivity index (χ2n) is 5.55. The van der Waals surface area contributed by atoms with Crippen molar-refractivity contribution in [2.45, 2.75) is 31.6 Å². The highest BCUT2D eigenvalue weighted by molar-refractivity contribution is 7.90. The molecule has 1 N–H and O–H groups in total. The zero-order valence-electron chi connectivity index (χ0n) is 12.7. The first-order valence-electron chi connectivity index (χ1n) is 6.95. The van der Waals surface area contributed by atoms with Crippen molar-refractivity contribution >= 4 is 9.84 Å². The lowest BCUT2D eigenvalue weighted by Gasteiger charge is -2.12. The van der Waals surface area contributed by atoms with Crippen molar-refractivity contribution in [1.82, 2.24) is 4.98 Å². The van der Waals surface area contributed by atoms with E-state index in [2.05, 4.69) is 4.98 Å². The van der Waals surface area contributed by atoms with Gasteiger partial charge in [0.2, 0.25) is 0 Å².